The van der Waals surface area contributed by atoms with Crippen molar-refractivity contribution in [2.45, 2.75) is 5.03 Å². The van der Waals surface area contributed by atoms with Crippen LogP contribution in [-0.4, -0.2) is 49.5 Å². The number of amides is 1. The summed E-state index contributed by atoms with van der Waals surface area (Å²) in [5, 5.41) is 0.00329. The molecule has 0 N–H and O–H groups in total. The van der Waals surface area contributed by atoms with Crippen molar-refractivity contribution in [2.75, 3.05) is 20.4 Å². The second-order valence-corrected chi connectivity index (χ2v) is 9.08. The van der Waals surface area contributed by atoms with Crippen molar-refractivity contribution in [2.24, 2.45) is 0 Å². The van der Waals surface area contributed by atoms with Crippen molar-refractivity contribution in [1.29, 1.82) is 0 Å². The summed E-state index contributed by atoms with van der Waals surface area (Å²) >= 11 is 0. The molecule has 0 aliphatic rings. The number of benzene rings is 1. The predicted octanol–water partition coefficient (Wildman–Crippen LogP) is 3.66. The Bertz CT molecular complexity index is 1360. The van der Waals surface area contributed by atoms with Gasteiger partial charge >= 0.3 is 0 Å². The minimum Gasteiger partial charge on any atom is -0.454 e. The molecule has 0 spiro atoms. The van der Waals surface area contributed by atoms with Gasteiger partial charge in [-0.15, -0.1) is 0 Å². The lowest BCUT2D eigenvalue weighted by atomic mass is 10.0. The molecule has 4 rings (SSSR count). The van der Waals surface area contributed by atoms with E-state index < -0.39 is 9.84 Å². The monoisotopic (exact) mass is 421 g/mol. The highest BCUT2D eigenvalue weighted by Gasteiger charge is 2.16. The fraction of sp³-hybridized carbons (Fsp3) is 0.136. The number of hydrogen-bond donors (Lipinski definition) is 0. The van der Waals surface area contributed by atoms with E-state index in [1.165, 1.54) is 17.2 Å². The molecule has 0 aliphatic heterocycles. The van der Waals surface area contributed by atoms with E-state index in [-0.39, 0.29) is 10.9 Å². The molecule has 0 saturated heterocycles. The zero-order valence-electron chi connectivity index (χ0n) is 16.7. The van der Waals surface area contributed by atoms with Gasteiger partial charge in [0, 0.05) is 55.5 Å². The molecule has 0 bridgehead atoms. The number of fused-ring (bicyclic) bond motifs is 1. The maximum atomic E-state index is 12.3. The standard InChI is InChI=1S/C22H19N3O4S/c1-25(2)22(26)15-6-4-5-14(11-15)17-9-10-23-18-12-19(29-21(17)18)16-7-8-20(24-13-16)30(3,27)28/h4-13H,1-3H3. The molecule has 3 aromatic heterocycles. The van der Waals surface area contributed by atoms with Crippen molar-refractivity contribution >= 4 is 26.8 Å². The average Bonchev–Trinajstić information content (AvgIpc) is 3.17. The molecule has 7 nitrogen and oxygen atoms in total. The normalized spacial score (nSPS) is 11.6. The van der Waals surface area contributed by atoms with E-state index in [2.05, 4.69) is 9.97 Å². The van der Waals surface area contributed by atoms with Crippen LogP contribution in [0.15, 0.2) is 70.4 Å². The second kappa shape index (κ2) is 7.38. The number of pyridine rings is 2. The number of hydrogen-bond acceptors (Lipinski definition) is 6. The van der Waals surface area contributed by atoms with Crippen LogP contribution in [0, 0.1) is 0 Å². The quantitative estimate of drug-likeness (QED) is 0.499. The van der Waals surface area contributed by atoms with E-state index in [9.17, 15) is 13.2 Å². The van der Waals surface area contributed by atoms with Gasteiger partial charge < -0.3 is 9.32 Å². The molecule has 1 amide bonds. The van der Waals surface area contributed by atoms with Crippen molar-refractivity contribution in [1.82, 2.24) is 14.9 Å². The van der Waals surface area contributed by atoms with Gasteiger partial charge in [-0.2, -0.15) is 0 Å². The van der Waals surface area contributed by atoms with Crippen LogP contribution in [0.25, 0.3) is 33.6 Å². The number of nitrogens with zero attached hydrogens (tertiary/aromatic N) is 3. The van der Waals surface area contributed by atoms with Gasteiger partial charge in [0.2, 0.25) is 0 Å². The molecule has 3 heterocycles. The molecule has 0 atom stereocenters. The Labute approximate surface area is 173 Å². The van der Waals surface area contributed by atoms with Crippen molar-refractivity contribution < 1.29 is 17.6 Å². The molecule has 0 saturated carbocycles. The van der Waals surface area contributed by atoms with Crippen molar-refractivity contribution in [3.63, 3.8) is 0 Å². The van der Waals surface area contributed by atoms with E-state index in [1.54, 1.807) is 38.5 Å². The molecule has 4 aromatic rings. The maximum absolute atomic E-state index is 12.3. The first-order valence-corrected chi connectivity index (χ1v) is 11.0. The van der Waals surface area contributed by atoms with Gasteiger partial charge in [0.15, 0.2) is 20.4 Å². The maximum Gasteiger partial charge on any atom is 0.253 e. The number of rotatable bonds is 4. The fourth-order valence-corrected chi connectivity index (χ4v) is 3.69. The lowest BCUT2D eigenvalue weighted by Crippen LogP contribution is -2.21. The van der Waals surface area contributed by atoms with Crippen LogP contribution in [0.4, 0.5) is 0 Å². The van der Waals surface area contributed by atoms with E-state index in [0.29, 0.717) is 28.0 Å². The second-order valence-electron chi connectivity index (χ2n) is 7.12. The Hall–Kier alpha value is -3.52. The molecule has 152 valence electrons. The molecule has 0 fully saturated rings. The zero-order valence-corrected chi connectivity index (χ0v) is 17.5. The molecular weight excluding hydrogens is 402 g/mol. The topological polar surface area (TPSA) is 93.4 Å². The van der Waals surface area contributed by atoms with Crippen LogP contribution in [0.1, 0.15) is 10.4 Å². The first-order valence-electron chi connectivity index (χ1n) is 9.11. The number of carbonyl (C=O) groups excluding carboxylic acids is 1. The highest BCUT2D eigenvalue weighted by atomic mass is 32.2. The predicted molar refractivity (Wildman–Crippen MR) is 114 cm³/mol. The molecule has 30 heavy (non-hydrogen) atoms. The largest absolute Gasteiger partial charge is 0.454 e. The summed E-state index contributed by atoms with van der Waals surface area (Å²) in [6.07, 6.45) is 4.26. The Morgan fingerprint density at radius 2 is 1.80 bits per heavy atom. The highest BCUT2D eigenvalue weighted by Crippen LogP contribution is 2.33. The third-order valence-corrected chi connectivity index (χ3v) is 5.64. The summed E-state index contributed by atoms with van der Waals surface area (Å²) in [5.41, 5.74) is 4.09. The lowest BCUT2D eigenvalue weighted by Gasteiger charge is -2.11. The van der Waals surface area contributed by atoms with Gasteiger partial charge in [0.25, 0.3) is 5.91 Å². The van der Waals surface area contributed by atoms with Gasteiger partial charge in [0.05, 0.1) is 0 Å². The van der Waals surface area contributed by atoms with Crippen LogP contribution in [0.2, 0.25) is 0 Å². The number of aromatic nitrogens is 2. The first kappa shape index (κ1) is 19.8. The van der Waals surface area contributed by atoms with Crippen LogP contribution in [-0.2, 0) is 9.84 Å². The molecule has 0 unspecified atom stereocenters. The molecule has 1 aromatic carbocycles. The van der Waals surface area contributed by atoms with Crippen molar-refractivity contribution in [3.8, 4) is 22.5 Å². The first-order chi connectivity index (χ1) is 14.2. The number of furan rings is 1. The van der Waals surface area contributed by atoms with Gasteiger partial charge in [-0.1, -0.05) is 12.1 Å². The van der Waals surface area contributed by atoms with Crippen LogP contribution in [0.3, 0.4) is 0 Å². The highest BCUT2D eigenvalue weighted by molar-refractivity contribution is 7.90. The van der Waals surface area contributed by atoms with Crippen molar-refractivity contribution in [3.05, 3.63) is 66.5 Å². The smallest absolute Gasteiger partial charge is 0.253 e. The molecule has 0 radical (unpaired) electrons. The molecular formula is C22H19N3O4S. The number of sulfone groups is 1. The Balaban J connectivity index is 1.79. The zero-order chi connectivity index (χ0) is 21.5. The minimum absolute atomic E-state index is 0.00329. The minimum atomic E-state index is -3.37. The summed E-state index contributed by atoms with van der Waals surface area (Å²) in [4.78, 5) is 22.2. The Morgan fingerprint density at radius 1 is 1.00 bits per heavy atom. The Morgan fingerprint density at radius 3 is 2.47 bits per heavy atom. The summed E-state index contributed by atoms with van der Waals surface area (Å²) in [6, 6.07) is 14.0. The summed E-state index contributed by atoms with van der Waals surface area (Å²) in [6.45, 7) is 0. The van der Waals surface area contributed by atoms with Gasteiger partial charge in [-0.3, -0.25) is 9.78 Å². The van der Waals surface area contributed by atoms with Crippen LogP contribution >= 0.6 is 0 Å². The van der Waals surface area contributed by atoms with Crippen LogP contribution < -0.4 is 0 Å². The molecule has 0 aliphatic carbocycles. The fourth-order valence-electron chi connectivity index (χ4n) is 3.13. The Kier molecular flexibility index (Phi) is 4.87. The summed E-state index contributed by atoms with van der Waals surface area (Å²) in [7, 11) is 0.0482. The molecule has 8 heteroatoms. The average molecular weight is 421 g/mol. The third kappa shape index (κ3) is 3.69. The van der Waals surface area contributed by atoms with Crippen LogP contribution in [0.5, 0.6) is 0 Å². The SMILES string of the molecule is CN(C)C(=O)c1cccc(-c2ccnc3cc(-c4ccc(S(C)(=O)=O)nc4)oc23)c1. The van der Waals surface area contributed by atoms with E-state index in [0.717, 1.165) is 17.4 Å². The van der Waals surface area contributed by atoms with Gasteiger partial charge in [-0.25, -0.2) is 13.4 Å². The summed E-state index contributed by atoms with van der Waals surface area (Å²) < 4.78 is 29.3. The van der Waals surface area contributed by atoms with E-state index >= 15 is 0 Å². The summed E-state index contributed by atoms with van der Waals surface area (Å²) in [5.74, 6) is 0.442. The van der Waals surface area contributed by atoms with E-state index in [1.807, 2.05) is 24.3 Å². The lowest BCUT2D eigenvalue weighted by molar-refractivity contribution is 0.0827. The van der Waals surface area contributed by atoms with Gasteiger partial charge in [0.1, 0.15) is 11.3 Å². The van der Waals surface area contributed by atoms with Gasteiger partial charge in [-0.05, 0) is 35.9 Å². The van der Waals surface area contributed by atoms with E-state index in [4.69, 9.17) is 4.42 Å². The number of carbonyl (C=O) groups is 1. The third-order valence-electron chi connectivity index (χ3n) is 4.64.